The number of rotatable bonds is 4. The highest BCUT2D eigenvalue weighted by atomic mass is 127. The monoisotopic (exact) mass is 280 g/mol. The molecule has 0 atom stereocenters. The van der Waals surface area contributed by atoms with Gasteiger partial charge in [0, 0.05) is 29.0 Å². The molecule has 5 heteroatoms. The summed E-state index contributed by atoms with van der Waals surface area (Å²) in [5.74, 6) is 0. The van der Waals surface area contributed by atoms with Gasteiger partial charge in [0.25, 0.3) is 0 Å². The highest BCUT2D eigenvalue weighted by molar-refractivity contribution is 14.1. The van der Waals surface area contributed by atoms with Gasteiger partial charge in [0.1, 0.15) is 0 Å². The SMILES string of the molecule is OCCCOc1ncc(I)cn1. The van der Waals surface area contributed by atoms with Gasteiger partial charge < -0.3 is 9.84 Å². The van der Waals surface area contributed by atoms with E-state index in [1.165, 1.54) is 0 Å². The van der Waals surface area contributed by atoms with Crippen molar-refractivity contribution < 1.29 is 9.84 Å². The molecule has 0 aliphatic carbocycles. The topological polar surface area (TPSA) is 55.2 Å². The molecular formula is C7H9IN2O2. The van der Waals surface area contributed by atoms with E-state index in [-0.39, 0.29) is 6.61 Å². The first-order valence-electron chi connectivity index (χ1n) is 3.54. The number of hydrogen-bond acceptors (Lipinski definition) is 4. The van der Waals surface area contributed by atoms with Gasteiger partial charge in [0.2, 0.25) is 0 Å². The molecule has 0 aliphatic heterocycles. The summed E-state index contributed by atoms with van der Waals surface area (Å²) in [5, 5.41) is 8.47. The van der Waals surface area contributed by atoms with Gasteiger partial charge in [0.15, 0.2) is 0 Å². The number of aliphatic hydroxyl groups is 1. The van der Waals surface area contributed by atoms with E-state index >= 15 is 0 Å². The fourth-order valence-electron chi connectivity index (χ4n) is 0.603. The van der Waals surface area contributed by atoms with Gasteiger partial charge in [-0.1, -0.05) is 0 Å². The summed E-state index contributed by atoms with van der Waals surface area (Å²) in [7, 11) is 0. The second-order valence-corrected chi connectivity index (χ2v) is 3.36. The zero-order valence-corrected chi connectivity index (χ0v) is 8.56. The minimum atomic E-state index is 0.129. The predicted octanol–water partition coefficient (Wildman–Crippen LogP) is 0.842. The minimum Gasteiger partial charge on any atom is -0.463 e. The van der Waals surface area contributed by atoms with Crippen LogP contribution in [0, 0.1) is 3.57 Å². The van der Waals surface area contributed by atoms with Gasteiger partial charge in [0.05, 0.1) is 6.61 Å². The van der Waals surface area contributed by atoms with Gasteiger partial charge >= 0.3 is 6.01 Å². The number of aromatic nitrogens is 2. The van der Waals surface area contributed by atoms with Crippen LogP contribution in [0.1, 0.15) is 6.42 Å². The predicted molar refractivity (Wildman–Crippen MR) is 51.9 cm³/mol. The van der Waals surface area contributed by atoms with Crippen LogP contribution in [-0.2, 0) is 0 Å². The van der Waals surface area contributed by atoms with Gasteiger partial charge in [-0.25, -0.2) is 9.97 Å². The Kier molecular flexibility index (Phi) is 4.23. The quantitative estimate of drug-likeness (QED) is 0.656. The third-order valence-corrected chi connectivity index (χ3v) is 1.69. The number of ether oxygens (including phenoxy) is 1. The molecule has 0 bridgehead atoms. The third kappa shape index (κ3) is 3.31. The number of nitrogens with zero attached hydrogens (tertiary/aromatic N) is 2. The van der Waals surface area contributed by atoms with Crippen LogP contribution >= 0.6 is 22.6 Å². The van der Waals surface area contributed by atoms with Crippen molar-refractivity contribution in [3.63, 3.8) is 0 Å². The van der Waals surface area contributed by atoms with Gasteiger partial charge in [-0.2, -0.15) is 0 Å². The summed E-state index contributed by atoms with van der Waals surface area (Å²) in [5.41, 5.74) is 0. The second-order valence-electron chi connectivity index (χ2n) is 2.11. The Hall–Kier alpha value is -0.430. The zero-order chi connectivity index (χ0) is 8.81. The average Bonchev–Trinajstić information content (AvgIpc) is 2.09. The maximum absolute atomic E-state index is 8.47. The first-order valence-corrected chi connectivity index (χ1v) is 4.62. The van der Waals surface area contributed by atoms with Crippen molar-refractivity contribution in [3.8, 4) is 6.01 Å². The Bertz CT molecular complexity index is 227. The Morgan fingerprint density at radius 1 is 1.42 bits per heavy atom. The van der Waals surface area contributed by atoms with Gasteiger partial charge in [-0.05, 0) is 22.6 Å². The molecule has 1 heterocycles. The fourth-order valence-corrected chi connectivity index (χ4v) is 0.882. The Balaban J connectivity index is 2.37. The molecule has 0 radical (unpaired) electrons. The molecule has 1 aromatic rings. The lowest BCUT2D eigenvalue weighted by Crippen LogP contribution is -2.02. The lowest BCUT2D eigenvalue weighted by Gasteiger charge is -2.01. The zero-order valence-electron chi connectivity index (χ0n) is 6.40. The highest BCUT2D eigenvalue weighted by Gasteiger charge is 1.95. The van der Waals surface area contributed by atoms with Crippen molar-refractivity contribution in [1.82, 2.24) is 9.97 Å². The largest absolute Gasteiger partial charge is 0.463 e. The van der Waals surface area contributed by atoms with Crippen LogP contribution in [0.15, 0.2) is 12.4 Å². The van der Waals surface area contributed by atoms with Crippen LogP contribution in [-0.4, -0.2) is 28.3 Å². The highest BCUT2D eigenvalue weighted by Crippen LogP contribution is 2.04. The summed E-state index contributed by atoms with van der Waals surface area (Å²) in [6.07, 6.45) is 3.97. The second kappa shape index (κ2) is 5.26. The van der Waals surface area contributed by atoms with Crippen LogP contribution in [0.3, 0.4) is 0 Å². The molecule has 1 rings (SSSR count). The lowest BCUT2D eigenvalue weighted by molar-refractivity contribution is 0.224. The lowest BCUT2D eigenvalue weighted by atomic mass is 10.5. The van der Waals surface area contributed by atoms with Crippen molar-refractivity contribution in [3.05, 3.63) is 16.0 Å². The first kappa shape index (κ1) is 9.66. The molecule has 0 aromatic carbocycles. The van der Waals surface area contributed by atoms with Gasteiger partial charge in [-0.15, -0.1) is 0 Å². The molecule has 0 saturated carbocycles. The van der Waals surface area contributed by atoms with Crippen LogP contribution in [0.2, 0.25) is 0 Å². The van der Waals surface area contributed by atoms with Crippen molar-refractivity contribution in [2.45, 2.75) is 6.42 Å². The number of hydrogen-bond donors (Lipinski definition) is 1. The van der Waals surface area contributed by atoms with E-state index in [0.717, 1.165) is 3.57 Å². The molecule has 0 amide bonds. The first-order chi connectivity index (χ1) is 5.83. The molecule has 0 fully saturated rings. The minimum absolute atomic E-state index is 0.129. The standard InChI is InChI=1S/C7H9IN2O2/c8-6-4-9-7(10-5-6)12-3-1-2-11/h4-5,11H,1-3H2. The molecule has 0 spiro atoms. The maximum atomic E-state index is 8.47. The van der Waals surface area contributed by atoms with E-state index in [1.807, 2.05) is 0 Å². The van der Waals surface area contributed by atoms with E-state index in [0.29, 0.717) is 19.0 Å². The molecule has 4 nitrogen and oxygen atoms in total. The van der Waals surface area contributed by atoms with Crippen molar-refractivity contribution in [2.24, 2.45) is 0 Å². The summed E-state index contributed by atoms with van der Waals surface area (Å²) in [6, 6.07) is 0.365. The molecule has 0 saturated heterocycles. The van der Waals surface area contributed by atoms with E-state index in [2.05, 4.69) is 32.6 Å². The van der Waals surface area contributed by atoms with E-state index < -0.39 is 0 Å². The van der Waals surface area contributed by atoms with Crippen molar-refractivity contribution in [1.29, 1.82) is 0 Å². The smallest absolute Gasteiger partial charge is 0.316 e. The van der Waals surface area contributed by atoms with Crippen molar-refractivity contribution >= 4 is 22.6 Å². The van der Waals surface area contributed by atoms with E-state index in [4.69, 9.17) is 9.84 Å². The molecule has 1 N–H and O–H groups in total. The Labute approximate surface area is 84.1 Å². The summed E-state index contributed by atoms with van der Waals surface area (Å²) < 4.78 is 6.09. The van der Waals surface area contributed by atoms with Crippen LogP contribution < -0.4 is 4.74 Å². The van der Waals surface area contributed by atoms with Crippen LogP contribution in [0.5, 0.6) is 6.01 Å². The van der Waals surface area contributed by atoms with Crippen LogP contribution in [0.4, 0.5) is 0 Å². The molecular weight excluding hydrogens is 271 g/mol. The fraction of sp³-hybridized carbons (Fsp3) is 0.429. The maximum Gasteiger partial charge on any atom is 0.316 e. The van der Waals surface area contributed by atoms with Crippen LogP contribution in [0.25, 0.3) is 0 Å². The molecule has 1 aromatic heterocycles. The summed E-state index contributed by atoms with van der Waals surface area (Å²) in [4.78, 5) is 7.86. The van der Waals surface area contributed by atoms with Gasteiger partial charge in [-0.3, -0.25) is 0 Å². The number of halogens is 1. The Morgan fingerprint density at radius 3 is 2.67 bits per heavy atom. The average molecular weight is 280 g/mol. The summed E-state index contributed by atoms with van der Waals surface area (Å²) in [6.45, 7) is 0.585. The number of aliphatic hydroxyl groups excluding tert-OH is 1. The Morgan fingerprint density at radius 2 is 2.08 bits per heavy atom. The third-order valence-electron chi connectivity index (χ3n) is 1.13. The van der Waals surface area contributed by atoms with E-state index in [1.54, 1.807) is 12.4 Å². The van der Waals surface area contributed by atoms with Crippen molar-refractivity contribution in [2.75, 3.05) is 13.2 Å². The normalized spacial score (nSPS) is 9.83. The molecule has 0 aliphatic rings. The summed E-state index contributed by atoms with van der Waals surface area (Å²) >= 11 is 2.12. The molecule has 0 unspecified atom stereocenters. The molecule has 66 valence electrons. The molecule has 12 heavy (non-hydrogen) atoms. The van der Waals surface area contributed by atoms with E-state index in [9.17, 15) is 0 Å².